The van der Waals surface area contributed by atoms with Gasteiger partial charge in [-0.1, -0.05) is 15.9 Å². The normalized spacial score (nSPS) is 16.6. The van der Waals surface area contributed by atoms with Crippen LogP contribution in [0.4, 0.5) is 0 Å². The fourth-order valence-corrected chi connectivity index (χ4v) is 5.42. The Bertz CT molecular complexity index is 1070. The third kappa shape index (κ3) is 3.59. The van der Waals surface area contributed by atoms with Gasteiger partial charge in [-0.25, -0.2) is 18.4 Å². The van der Waals surface area contributed by atoms with E-state index in [4.69, 9.17) is 4.74 Å². The van der Waals surface area contributed by atoms with E-state index in [0.717, 1.165) is 21.5 Å². The molecule has 1 saturated heterocycles. The maximum atomic E-state index is 12.9. The molecule has 0 N–H and O–H groups in total. The van der Waals surface area contributed by atoms with Crippen molar-refractivity contribution in [3.63, 3.8) is 0 Å². The fraction of sp³-hybridized carbons (Fsp3) is 0.368. The van der Waals surface area contributed by atoms with Crippen LogP contribution in [-0.4, -0.2) is 47.5 Å². The van der Waals surface area contributed by atoms with Gasteiger partial charge in [0.05, 0.1) is 4.90 Å². The number of nitrogens with zero attached hydrogens (tertiary/aromatic N) is 4. The summed E-state index contributed by atoms with van der Waals surface area (Å²) in [6.07, 6.45) is 3.16. The highest BCUT2D eigenvalue weighted by Crippen LogP contribution is 2.31. The third-order valence-electron chi connectivity index (χ3n) is 5.04. The molecule has 0 atom stereocenters. The van der Waals surface area contributed by atoms with Crippen LogP contribution in [0.2, 0.25) is 0 Å². The van der Waals surface area contributed by atoms with Crippen LogP contribution in [0.3, 0.4) is 0 Å². The number of hydrogen-bond acceptors (Lipinski definition) is 5. The lowest BCUT2D eigenvalue weighted by Gasteiger charge is -2.32. The van der Waals surface area contributed by atoms with Gasteiger partial charge in [-0.3, -0.25) is 0 Å². The molecule has 1 aliphatic rings. The van der Waals surface area contributed by atoms with Crippen molar-refractivity contribution in [1.29, 1.82) is 0 Å². The average Bonchev–Trinajstić information content (AvgIpc) is 3.07. The molecule has 0 amide bonds. The van der Waals surface area contributed by atoms with E-state index >= 15 is 0 Å². The quantitative estimate of drug-likeness (QED) is 0.578. The van der Waals surface area contributed by atoms with Crippen molar-refractivity contribution >= 4 is 37.1 Å². The summed E-state index contributed by atoms with van der Waals surface area (Å²) in [6, 6.07) is 10.7. The van der Waals surface area contributed by atoms with Crippen molar-refractivity contribution in [2.75, 3.05) is 20.2 Å². The molecule has 9 heteroatoms. The Morgan fingerprint density at radius 3 is 2.57 bits per heavy atom. The van der Waals surface area contributed by atoms with Crippen molar-refractivity contribution in [3.8, 4) is 0 Å². The molecule has 0 bridgehead atoms. The van der Waals surface area contributed by atoms with Crippen molar-refractivity contribution < 1.29 is 13.2 Å². The zero-order chi connectivity index (χ0) is 19.7. The summed E-state index contributed by atoms with van der Waals surface area (Å²) in [5.74, 6) is 0.824. The first-order chi connectivity index (χ1) is 13.5. The number of piperidine rings is 1. The van der Waals surface area contributed by atoms with E-state index in [1.807, 2.05) is 12.1 Å². The Labute approximate surface area is 172 Å². The van der Waals surface area contributed by atoms with Crippen LogP contribution < -0.4 is 0 Å². The van der Waals surface area contributed by atoms with Crippen molar-refractivity contribution in [3.05, 3.63) is 52.9 Å². The van der Waals surface area contributed by atoms with Gasteiger partial charge in [0, 0.05) is 36.9 Å². The van der Waals surface area contributed by atoms with E-state index in [0.29, 0.717) is 37.4 Å². The van der Waals surface area contributed by atoms with Crippen molar-refractivity contribution in [2.45, 2.75) is 30.4 Å². The topological polar surface area (TPSA) is 77.3 Å². The molecule has 3 aromatic rings. The highest BCUT2D eigenvalue weighted by molar-refractivity contribution is 9.10. The van der Waals surface area contributed by atoms with Crippen molar-refractivity contribution in [1.82, 2.24) is 18.8 Å². The van der Waals surface area contributed by atoms with E-state index in [1.165, 1.54) is 0 Å². The number of ether oxygens (including phenoxy) is 1. The monoisotopic (exact) mass is 464 g/mol. The number of hydrogen-bond donors (Lipinski definition) is 0. The van der Waals surface area contributed by atoms with Gasteiger partial charge in [-0.2, -0.15) is 4.31 Å². The molecule has 1 fully saturated rings. The molecule has 0 radical (unpaired) electrons. The summed E-state index contributed by atoms with van der Waals surface area (Å²) < 4.78 is 35.7. The molecular weight excluding hydrogens is 444 g/mol. The predicted octanol–water partition coefficient (Wildman–Crippen LogP) is 3.37. The molecule has 0 aliphatic carbocycles. The Kier molecular flexibility index (Phi) is 5.50. The first kappa shape index (κ1) is 19.5. The van der Waals surface area contributed by atoms with Gasteiger partial charge in [-0.05, 0) is 49.2 Å². The van der Waals surface area contributed by atoms with E-state index in [-0.39, 0.29) is 6.04 Å². The maximum Gasteiger partial charge on any atom is 0.243 e. The minimum Gasteiger partial charge on any atom is -0.377 e. The van der Waals surface area contributed by atoms with Crippen LogP contribution in [0.25, 0.3) is 11.2 Å². The van der Waals surface area contributed by atoms with E-state index in [1.54, 1.807) is 41.9 Å². The predicted molar refractivity (Wildman–Crippen MR) is 109 cm³/mol. The number of rotatable bonds is 5. The van der Waals surface area contributed by atoms with E-state index < -0.39 is 10.0 Å². The number of methoxy groups -OCH3 is 1. The Balaban J connectivity index is 1.57. The second-order valence-electron chi connectivity index (χ2n) is 6.77. The van der Waals surface area contributed by atoms with Crippen LogP contribution >= 0.6 is 15.9 Å². The Morgan fingerprint density at radius 1 is 1.18 bits per heavy atom. The molecule has 0 spiro atoms. The van der Waals surface area contributed by atoms with Crippen LogP contribution in [0.5, 0.6) is 0 Å². The Hall–Kier alpha value is -1.81. The molecule has 0 unspecified atom stereocenters. The maximum absolute atomic E-state index is 12.9. The van der Waals surface area contributed by atoms with Gasteiger partial charge < -0.3 is 9.30 Å². The smallest absolute Gasteiger partial charge is 0.243 e. The van der Waals surface area contributed by atoms with Crippen LogP contribution in [0.15, 0.2) is 52.0 Å². The molecule has 7 nitrogen and oxygen atoms in total. The molecular formula is C19H21BrN4O3S. The van der Waals surface area contributed by atoms with E-state index in [2.05, 4.69) is 30.5 Å². The zero-order valence-electron chi connectivity index (χ0n) is 15.5. The molecule has 3 heterocycles. The summed E-state index contributed by atoms with van der Waals surface area (Å²) in [4.78, 5) is 9.45. The first-order valence-electron chi connectivity index (χ1n) is 9.07. The number of pyridine rings is 1. The van der Waals surface area contributed by atoms with Gasteiger partial charge in [0.1, 0.15) is 17.9 Å². The molecule has 0 saturated carbocycles. The fourth-order valence-electron chi connectivity index (χ4n) is 3.69. The van der Waals surface area contributed by atoms with Gasteiger partial charge in [0.2, 0.25) is 10.0 Å². The largest absolute Gasteiger partial charge is 0.377 e. The van der Waals surface area contributed by atoms with Crippen LogP contribution in [0, 0.1) is 0 Å². The average molecular weight is 465 g/mol. The molecule has 2 aromatic heterocycles. The summed E-state index contributed by atoms with van der Waals surface area (Å²) >= 11 is 3.34. The highest BCUT2D eigenvalue weighted by Gasteiger charge is 2.31. The van der Waals surface area contributed by atoms with Crippen LogP contribution in [0.1, 0.15) is 24.7 Å². The lowest BCUT2D eigenvalue weighted by atomic mass is 10.1. The van der Waals surface area contributed by atoms with Gasteiger partial charge in [0.25, 0.3) is 0 Å². The number of imidazole rings is 1. The lowest BCUT2D eigenvalue weighted by Crippen LogP contribution is -2.39. The third-order valence-corrected chi connectivity index (χ3v) is 7.48. The van der Waals surface area contributed by atoms with Crippen LogP contribution in [-0.2, 0) is 21.4 Å². The number of aromatic nitrogens is 3. The summed E-state index contributed by atoms with van der Waals surface area (Å²) in [7, 11) is -1.84. The minimum absolute atomic E-state index is 0.140. The van der Waals surface area contributed by atoms with Crippen molar-refractivity contribution in [2.24, 2.45) is 0 Å². The molecule has 28 heavy (non-hydrogen) atoms. The second-order valence-corrected chi connectivity index (χ2v) is 9.62. The SMILES string of the molecule is COCc1nc2cccnc2n1C1CCN(S(=O)(=O)c2ccc(Br)cc2)CC1. The van der Waals surface area contributed by atoms with Gasteiger partial charge in [-0.15, -0.1) is 0 Å². The second kappa shape index (κ2) is 7.90. The number of halogens is 1. The minimum atomic E-state index is -3.49. The molecule has 148 valence electrons. The molecule has 1 aliphatic heterocycles. The highest BCUT2D eigenvalue weighted by atomic mass is 79.9. The summed E-state index contributed by atoms with van der Waals surface area (Å²) in [5.41, 5.74) is 1.66. The summed E-state index contributed by atoms with van der Waals surface area (Å²) in [6.45, 7) is 1.32. The molecule has 4 rings (SSSR count). The summed E-state index contributed by atoms with van der Waals surface area (Å²) in [5, 5.41) is 0. The molecule has 1 aromatic carbocycles. The van der Waals surface area contributed by atoms with E-state index in [9.17, 15) is 8.42 Å². The Morgan fingerprint density at radius 2 is 1.89 bits per heavy atom. The number of benzene rings is 1. The standard InChI is InChI=1S/C19H21BrN4O3S/c1-27-13-18-22-17-3-2-10-21-19(17)24(18)15-8-11-23(12-9-15)28(25,26)16-6-4-14(20)5-7-16/h2-7,10,15H,8-9,11-13H2,1H3. The number of fused-ring (bicyclic) bond motifs is 1. The van der Waals surface area contributed by atoms with Gasteiger partial charge in [0.15, 0.2) is 5.65 Å². The first-order valence-corrected chi connectivity index (χ1v) is 11.3. The number of sulfonamides is 1. The lowest BCUT2D eigenvalue weighted by molar-refractivity contribution is 0.168. The van der Waals surface area contributed by atoms with Gasteiger partial charge >= 0.3 is 0 Å². The zero-order valence-corrected chi connectivity index (χ0v) is 17.9.